The molecule has 0 aromatic heterocycles. The molecule has 0 saturated carbocycles. The Hall–Kier alpha value is -2.16. The van der Waals surface area contributed by atoms with Crippen LogP contribution in [0.1, 0.15) is 22.6 Å². The molecule has 0 bridgehead atoms. The number of carbonyl (C=O) groups is 1. The zero-order valence-electron chi connectivity index (χ0n) is 10.6. The summed E-state index contributed by atoms with van der Waals surface area (Å²) >= 11 is 0. The first-order valence-corrected chi connectivity index (χ1v) is 6.30. The summed E-state index contributed by atoms with van der Waals surface area (Å²) in [5.41, 5.74) is 4.01. The quantitative estimate of drug-likeness (QED) is 0.875. The van der Waals surface area contributed by atoms with Crippen LogP contribution in [0.3, 0.4) is 0 Å². The van der Waals surface area contributed by atoms with Gasteiger partial charge in [0.15, 0.2) is 0 Å². The monoisotopic (exact) mass is 255 g/mol. The largest absolute Gasteiger partial charge is 0.325 e. The first kappa shape index (κ1) is 11.9. The van der Waals surface area contributed by atoms with E-state index in [0.29, 0.717) is 6.42 Å². The maximum absolute atomic E-state index is 12.9. The number of carbonyl (C=O) groups excluding carboxylic acids is 1. The Labute approximate surface area is 111 Å². The highest BCUT2D eigenvalue weighted by Gasteiger charge is 2.31. The van der Waals surface area contributed by atoms with E-state index >= 15 is 0 Å². The van der Waals surface area contributed by atoms with E-state index in [9.17, 15) is 9.18 Å². The van der Waals surface area contributed by atoms with Gasteiger partial charge in [0, 0.05) is 5.69 Å². The van der Waals surface area contributed by atoms with E-state index in [1.807, 2.05) is 25.1 Å². The van der Waals surface area contributed by atoms with E-state index in [0.717, 1.165) is 22.4 Å². The van der Waals surface area contributed by atoms with E-state index in [1.54, 1.807) is 12.1 Å². The van der Waals surface area contributed by atoms with Crippen molar-refractivity contribution in [2.24, 2.45) is 0 Å². The molecule has 3 rings (SSSR count). The van der Waals surface area contributed by atoms with E-state index in [-0.39, 0.29) is 17.6 Å². The number of amides is 1. The first-order chi connectivity index (χ1) is 9.15. The maximum Gasteiger partial charge on any atom is 0.232 e. The van der Waals surface area contributed by atoms with Crippen LogP contribution in [0.25, 0.3) is 0 Å². The van der Waals surface area contributed by atoms with Gasteiger partial charge in [0.05, 0.1) is 5.92 Å². The van der Waals surface area contributed by atoms with Gasteiger partial charge in [-0.25, -0.2) is 4.39 Å². The van der Waals surface area contributed by atoms with Gasteiger partial charge in [-0.15, -0.1) is 0 Å². The van der Waals surface area contributed by atoms with E-state index in [2.05, 4.69) is 5.32 Å². The average Bonchev–Trinajstić information content (AvgIpc) is 2.71. The highest BCUT2D eigenvalue weighted by molar-refractivity contribution is 6.03. The van der Waals surface area contributed by atoms with Crippen molar-refractivity contribution in [3.05, 3.63) is 65.0 Å². The zero-order chi connectivity index (χ0) is 13.4. The molecule has 19 heavy (non-hydrogen) atoms. The molecule has 1 N–H and O–H groups in total. The summed E-state index contributed by atoms with van der Waals surface area (Å²) in [4.78, 5) is 12.1. The molecular weight excluding hydrogens is 241 g/mol. The van der Waals surface area contributed by atoms with Gasteiger partial charge >= 0.3 is 0 Å². The number of halogens is 1. The predicted octanol–water partition coefficient (Wildman–Crippen LogP) is 3.41. The number of para-hydroxylation sites is 1. The van der Waals surface area contributed by atoms with Crippen LogP contribution < -0.4 is 5.32 Å². The summed E-state index contributed by atoms with van der Waals surface area (Å²) < 4.78 is 12.9. The van der Waals surface area contributed by atoms with E-state index in [4.69, 9.17) is 0 Å². The van der Waals surface area contributed by atoms with Crippen LogP contribution in [0.5, 0.6) is 0 Å². The predicted molar refractivity (Wildman–Crippen MR) is 72.7 cm³/mol. The van der Waals surface area contributed by atoms with Gasteiger partial charge in [-0.1, -0.05) is 30.3 Å². The minimum absolute atomic E-state index is 0.0219. The number of hydrogen-bond donors (Lipinski definition) is 1. The Bertz CT molecular complexity index is 634. The number of hydrogen-bond acceptors (Lipinski definition) is 1. The molecule has 2 aromatic carbocycles. The van der Waals surface area contributed by atoms with Gasteiger partial charge in [-0.3, -0.25) is 4.79 Å². The SMILES string of the molecule is Cc1cccc2c1NC(=O)[C@H]2Cc1ccc(F)cc1. The molecule has 2 nitrogen and oxygen atoms in total. The Balaban J connectivity index is 1.92. The lowest BCUT2D eigenvalue weighted by molar-refractivity contribution is -0.117. The summed E-state index contributed by atoms with van der Waals surface area (Å²) in [6.07, 6.45) is 0.600. The van der Waals surface area contributed by atoms with Crippen molar-refractivity contribution < 1.29 is 9.18 Å². The average molecular weight is 255 g/mol. The van der Waals surface area contributed by atoms with Crippen molar-refractivity contribution in [2.75, 3.05) is 5.32 Å². The smallest absolute Gasteiger partial charge is 0.232 e. The van der Waals surface area contributed by atoms with Crippen molar-refractivity contribution in [2.45, 2.75) is 19.3 Å². The summed E-state index contributed by atoms with van der Waals surface area (Å²) in [6, 6.07) is 12.3. The van der Waals surface area contributed by atoms with Gasteiger partial charge in [0.1, 0.15) is 5.82 Å². The van der Waals surface area contributed by atoms with Gasteiger partial charge < -0.3 is 5.32 Å². The lowest BCUT2D eigenvalue weighted by Crippen LogP contribution is -2.14. The number of aryl methyl sites for hydroxylation is 1. The number of anilines is 1. The fourth-order valence-electron chi connectivity index (χ4n) is 2.56. The third-order valence-electron chi connectivity index (χ3n) is 3.60. The summed E-state index contributed by atoms with van der Waals surface area (Å²) in [6.45, 7) is 1.99. The zero-order valence-corrected chi connectivity index (χ0v) is 10.6. The molecule has 2 aromatic rings. The second-order valence-corrected chi connectivity index (χ2v) is 4.91. The molecule has 0 saturated heterocycles. The second kappa shape index (κ2) is 4.50. The molecule has 1 heterocycles. The molecule has 0 fully saturated rings. The molecule has 3 heteroatoms. The maximum atomic E-state index is 12.9. The molecule has 1 aliphatic heterocycles. The van der Waals surface area contributed by atoms with Gasteiger partial charge in [0.2, 0.25) is 5.91 Å². The number of fused-ring (bicyclic) bond motifs is 1. The third kappa shape index (κ3) is 2.12. The molecular formula is C16H14FNO. The molecule has 0 unspecified atom stereocenters. The van der Waals surface area contributed by atoms with Crippen molar-refractivity contribution in [1.29, 1.82) is 0 Å². The highest BCUT2D eigenvalue weighted by Crippen LogP contribution is 2.36. The van der Waals surface area contributed by atoms with Crippen LogP contribution in [-0.2, 0) is 11.2 Å². The van der Waals surface area contributed by atoms with E-state index < -0.39 is 0 Å². The normalized spacial score (nSPS) is 17.2. The van der Waals surface area contributed by atoms with Crippen molar-refractivity contribution in [3.63, 3.8) is 0 Å². The van der Waals surface area contributed by atoms with Crippen LogP contribution in [0.15, 0.2) is 42.5 Å². The van der Waals surface area contributed by atoms with Crippen LogP contribution in [0.4, 0.5) is 10.1 Å². The van der Waals surface area contributed by atoms with Crippen LogP contribution in [0.2, 0.25) is 0 Å². The molecule has 96 valence electrons. The number of rotatable bonds is 2. The highest BCUT2D eigenvalue weighted by atomic mass is 19.1. The topological polar surface area (TPSA) is 29.1 Å². The van der Waals surface area contributed by atoms with Gasteiger partial charge in [-0.05, 0) is 42.2 Å². The number of nitrogens with one attached hydrogen (secondary N) is 1. The fourth-order valence-corrected chi connectivity index (χ4v) is 2.56. The van der Waals surface area contributed by atoms with Crippen molar-refractivity contribution in [1.82, 2.24) is 0 Å². The Morgan fingerprint density at radius 1 is 1.16 bits per heavy atom. The minimum Gasteiger partial charge on any atom is -0.325 e. The fraction of sp³-hybridized carbons (Fsp3) is 0.188. The van der Waals surface area contributed by atoms with Gasteiger partial charge in [-0.2, -0.15) is 0 Å². The van der Waals surface area contributed by atoms with Crippen molar-refractivity contribution >= 4 is 11.6 Å². The molecule has 0 spiro atoms. The van der Waals surface area contributed by atoms with E-state index in [1.165, 1.54) is 12.1 Å². The molecule has 1 aliphatic rings. The summed E-state index contributed by atoms with van der Waals surface area (Å²) in [7, 11) is 0. The second-order valence-electron chi connectivity index (χ2n) is 4.91. The summed E-state index contributed by atoms with van der Waals surface area (Å²) in [5, 5.41) is 2.93. The molecule has 0 aliphatic carbocycles. The Morgan fingerprint density at radius 3 is 2.63 bits per heavy atom. The van der Waals surface area contributed by atoms with Crippen LogP contribution in [-0.4, -0.2) is 5.91 Å². The Morgan fingerprint density at radius 2 is 1.89 bits per heavy atom. The van der Waals surface area contributed by atoms with Gasteiger partial charge in [0.25, 0.3) is 0 Å². The summed E-state index contributed by atoms with van der Waals surface area (Å²) in [5.74, 6) is -0.412. The third-order valence-corrected chi connectivity index (χ3v) is 3.60. The molecule has 0 radical (unpaired) electrons. The molecule has 1 amide bonds. The number of benzene rings is 2. The van der Waals surface area contributed by atoms with Crippen LogP contribution >= 0.6 is 0 Å². The van der Waals surface area contributed by atoms with Crippen LogP contribution in [0, 0.1) is 12.7 Å². The molecule has 1 atom stereocenters. The Kier molecular flexibility index (Phi) is 2.82. The lowest BCUT2D eigenvalue weighted by Gasteiger charge is -2.09. The standard InChI is InChI=1S/C16H14FNO/c1-10-3-2-4-13-14(16(19)18-15(10)13)9-11-5-7-12(17)8-6-11/h2-8,14H,9H2,1H3,(H,18,19)/t14-/m0/s1. The lowest BCUT2D eigenvalue weighted by atomic mass is 9.92. The van der Waals surface area contributed by atoms with Crippen molar-refractivity contribution in [3.8, 4) is 0 Å². The minimum atomic E-state index is -0.254. The first-order valence-electron chi connectivity index (χ1n) is 6.30.